The van der Waals surface area contributed by atoms with Crippen molar-refractivity contribution in [3.8, 4) is 0 Å². The summed E-state index contributed by atoms with van der Waals surface area (Å²) in [6.45, 7) is 4.81. The van der Waals surface area contributed by atoms with E-state index in [1.165, 1.54) is 6.42 Å². The van der Waals surface area contributed by atoms with Crippen LogP contribution in [0.5, 0.6) is 0 Å². The Morgan fingerprint density at radius 2 is 2.00 bits per heavy atom. The number of aliphatic hydroxyl groups is 1. The van der Waals surface area contributed by atoms with Crippen LogP contribution in [0.1, 0.15) is 37.1 Å². The molecule has 1 aliphatic rings. The summed E-state index contributed by atoms with van der Waals surface area (Å²) in [6, 6.07) is 1.97. The van der Waals surface area contributed by atoms with Gasteiger partial charge in [0, 0.05) is 17.9 Å². The lowest BCUT2D eigenvalue weighted by Crippen LogP contribution is -2.25. The van der Waals surface area contributed by atoms with Crippen LogP contribution in [-0.4, -0.2) is 27.7 Å². The third-order valence-corrected chi connectivity index (χ3v) is 3.29. The van der Waals surface area contributed by atoms with Crippen molar-refractivity contribution in [3.63, 3.8) is 0 Å². The molecule has 0 bridgehead atoms. The van der Waals surface area contributed by atoms with Gasteiger partial charge in [-0.25, -0.2) is 9.97 Å². The predicted molar refractivity (Wildman–Crippen MR) is 68.0 cm³/mol. The molecule has 1 fully saturated rings. The normalized spacial score (nSPS) is 24.6. The lowest BCUT2D eigenvalue weighted by Gasteiger charge is -2.25. The first-order valence-electron chi connectivity index (χ1n) is 6.37. The number of hydrogen-bond donors (Lipinski definition) is 2. The third kappa shape index (κ3) is 3.66. The van der Waals surface area contributed by atoms with E-state index in [-0.39, 0.29) is 6.10 Å². The molecule has 0 aromatic carbocycles. The van der Waals surface area contributed by atoms with E-state index >= 15 is 0 Å². The molecular weight excluding hydrogens is 214 g/mol. The lowest BCUT2D eigenvalue weighted by molar-refractivity contribution is 0.104. The SMILES string of the molecule is Cc1cc(C)nc(NCC2CCCC(O)C2)n1. The van der Waals surface area contributed by atoms with Gasteiger partial charge < -0.3 is 10.4 Å². The summed E-state index contributed by atoms with van der Waals surface area (Å²) in [5.41, 5.74) is 1.98. The zero-order valence-corrected chi connectivity index (χ0v) is 10.6. The largest absolute Gasteiger partial charge is 0.393 e. The Bertz CT molecular complexity index is 361. The molecule has 0 saturated heterocycles. The fourth-order valence-corrected chi connectivity index (χ4v) is 2.49. The molecule has 4 nitrogen and oxygen atoms in total. The second-order valence-electron chi connectivity index (χ2n) is 5.04. The quantitative estimate of drug-likeness (QED) is 0.842. The summed E-state index contributed by atoms with van der Waals surface area (Å²) in [5, 5.41) is 12.9. The average Bonchev–Trinajstić information content (AvgIpc) is 2.25. The molecule has 0 radical (unpaired) electrons. The van der Waals surface area contributed by atoms with Crippen molar-refractivity contribution in [1.82, 2.24) is 9.97 Å². The Morgan fingerprint density at radius 3 is 2.65 bits per heavy atom. The van der Waals surface area contributed by atoms with Crippen LogP contribution in [-0.2, 0) is 0 Å². The molecule has 2 rings (SSSR count). The van der Waals surface area contributed by atoms with Crippen molar-refractivity contribution < 1.29 is 5.11 Å². The molecule has 1 aliphatic carbocycles. The highest BCUT2D eigenvalue weighted by atomic mass is 16.3. The number of nitrogens with zero attached hydrogens (tertiary/aromatic N) is 2. The van der Waals surface area contributed by atoms with Gasteiger partial charge in [-0.1, -0.05) is 6.42 Å². The minimum absolute atomic E-state index is 0.115. The molecule has 0 aliphatic heterocycles. The number of aliphatic hydroxyl groups excluding tert-OH is 1. The molecule has 2 unspecified atom stereocenters. The zero-order valence-electron chi connectivity index (χ0n) is 10.6. The number of nitrogens with one attached hydrogen (secondary N) is 1. The van der Waals surface area contributed by atoms with Crippen LogP contribution >= 0.6 is 0 Å². The summed E-state index contributed by atoms with van der Waals surface area (Å²) in [6.07, 6.45) is 4.06. The molecule has 1 saturated carbocycles. The lowest BCUT2D eigenvalue weighted by atomic mass is 9.87. The molecular formula is C13H21N3O. The van der Waals surface area contributed by atoms with Gasteiger partial charge in [0.2, 0.25) is 5.95 Å². The number of aryl methyl sites for hydroxylation is 2. The van der Waals surface area contributed by atoms with Crippen LogP contribution in [0.25, 0.3) is 0 Å². The molecule has 0 spiro atoms. The first-order valence-corrected chi connectivity index (χ1v) is 6.37. The topological polar surface area (TPSA) is 58.0 Å². The molecule has 2 atom stereocenters. The van der Waals surface area contributed by atoms with Crippen molar-refractivity contribution in [2.45, 2.75) is 45.6 Å². The highest BCUT2D eigenvalue weighted by Crippen LogP contribution is 2.24. The van der Waals surface area contributed by atoms with Crippen molar-refractivity contribution in [1.29, 1.82) is 0 Å². The van der Waals surface area contributed by atoms with E-state index in [9.17, 15) is 5.11 Å². The van der Waals surface area contributed by atoms with Crippen molar-refractivity contribution in [2.75, 3.05) is 11.9 Å². The summed E-state index contributed by atoms with van der Waals surface area (Å²) in [5.74, 6) is 1.26. The summed E-state index contributed by atoms with van der Waals surface area (Å²) < 4.78 is 0. The Kier molecular flexibility index (Phi) is 3.94. The highest BCUT2D eigenvalue weighted by molar-refractivity contribution is 5.27. The first kappa shape index (κ1) is 12.3. The molecule has 94 valence electrons. The third-order valence-electron chi connectivity index (χ3n) is 3.29. The van der Waals surface area contributed by atoms with Gasteiger partial charge in [-0.3, -0.25) is 0 Å². The molecule has 1 aromatic heterocycles. The van der Waals surface area contributed by atoms with Gasteiger partial charge >= 0.3 is 0 Å². The van der Waals surface area contributed by atoms with Crippen LogP contribution in [0.4, 0.5) is 5.95 Å². The summed E-state index contributed by atoms with van der Waals surface area (Å²) in [4.78, 5) is 8.71. The minimum Gasteiger partial charge on any atom is -0.393 e. The smallest absolute Gasteiger partial charge is 0.223 e. The molecule has 17 heavy (non-hydrogen) atoms. The van der Waals surface area contributed by atoms with Gasteiger partial charge in [-0.05, 0) is 45.1 Å². The van der Waals surface area contributed by atoms with Crippen LogP contribution < -0.4 is 5.32 Å². The Balaban J connectivity index is 1.88. The van der Waals surface area contributed by atoms with Crippen LogP contribution in [0.2, 0.25) is 0 Å². The molecule has 1 aromatic rings. The molecule has 1 heterocycles. The zero-order chi connectivity index (χ0) is 12.3. The van der Waals surface area contributed by atoms with E-state index in [2.05, 4.69) is 15.3 Å². The Morgan fingerprint density at radius 1 is 1.29 bits per heavy atom. The van der Waals surface area contributed by atoms with E-state index in [0.29, 0.717) is 11.9 Å². The van der Waals surface area contributed by atoms with E-state index in [0.717, 1.165) is 37.2 Å². The van der Waals surface area contributed by atoms with E-state index in [4.69, 9.17) is 0 Å². The van der Waals surface area contributed by atoms with Gasteiger partial charge in [-0.2, -0.15) is 0 Å². The highest BCUT2D eigenvalue weighted by Gasteiger charge is 2.19. The van der Waals surface area contributed by atoms with Gasteiger partial charge in [0.25, 0.3) is 0 Å². The fourth-order valence-electron chi connectivity index (χ4n) is 2.49. The van der Waals surface area contributed by atoms with Crippen LogP contribution in [0.15, 0.2) is 6.07 Å². The predicted octanol–water partition coefficient (Wildman–Crippen LogP) is 2.06. The monoisotopic (exact) mass is 235 g/mol. The Labute approximate surface area is 102 Å². The van der Waals surface area contributed by atoms with Crippen molar-refractivity contribution >= 4 is 5.95 Å². The maximum atomic E-state index is 9.61. The summed E-state index contributed by atoms with van der Waals surface area (Å²) in [7, 11) is 0. The van der Waals surface area contributed by atoms with Crippen LogP contribution in [0.3, 0.4) is 0 Å². The molecule has 0 amide bonds. The van der Waals surface area contributed by atoms with E-state index < -0.39 is 0 Å². The van der Waals surface area contributed by atoms with E-state index in [1.54, 1.807) is 0 Å². The van der Waals surface area contributed by atoms with Crippen molar-refractivity contribution in [2.24, 2.45) is 5.92 Å². The van der Waals surface area contributed by atoms with Crippen LogP contribution in [0, 0.1) is 19.8 Å². The maximum absolute atomic E-state index is 9.61. The summed E-state index contributed by atoms with van der Waals surface area (Å²) >= 11 is 0. The van der Waals surface area contributed by atoms with E-state index in [1.807, 2.05) is 19.9 Å². The Hall–Kier alpha value is -1.16. The molecule has 2 N–H and O–H groups in total. The second kappa shape index (κ2) is 5.45. The first-order chi connectivity index (χ1) is 8.13. The standard InChI is InChI=1S/C13H21N3O/c1-9-6-10(2)16-13(15-9)14-8-11-4-3-5-12(17)7-11/h6,11-12,17H,3-5,7-8H2,1-2H3,(H,14,15,16). The van der Waals surface area contributed by atoms with Gasteiger partial charge in [0.05, 0.1) is 6.10 Å². The van der Waals surface area contributed by atoms with Gasteiger partial charge in [0.15, 0.2) is 0 Å². The number of anilines is 1. The number of aromatic nitrogens is 2. The second-order valence-corrected chi connectivity index (χ2v) is 5.04. The minimum atomic E-state index is -0.115. The van der Waals surface area contributed by atoms with Gasteiger partial charge in [0.1, 0.15) is 0 Å². The van der Waals surface area contributed by atoms with Gasteiger partial charge in [-0.15, -0.1) is 0 Å². The average molecular weight is 235 g/mol. The number of rotatable bonds is 3. The van der Waals surface area contributed by atoms with Crippen molar-refractivity contribution in [3.05, 3.63) is 17.5 Å². The molecule has 4 heteroatoms. The number of hydrogen-bond acceptors (Lipinski definition) is 4. The fraction of sp³-hybridized carbons (Fsp3) is 0.692. The maximum Gasteiger partial charge on any atom is 0.223 e.